The molecule has 1 rings (SSSR count). The quantitative estimate of drug-likeness (QED) is 0.429. The highest BCUT2D eigenvalue weighted by atomic mass is 19.1. The zero-order valence-corrected chi connectivity index (χ0v) is 10.2. The smallest absolute Gasteiger partial charge is 0.329 e. The summed E-state index contributed by atoms with van der Waals surface area (Å²) in [5.74, 6) is -2.77. The van der Waals surface area contributed by atoms with E-state index >= 15 is 0 Å². The Balaban J connectivity index is 2.61. The minimum atomic E-state index is -1.16. The zero-order chi connectivity index (χ0) is 15.1. The number of carboxylic acid groups (broad SMARTS) is 1. The number of nitrogens with zero attached hydrogens (tertiary/aromatic N) is 1. The number of nitrogens with one attached hydrogen (secondary N) is 1. The second-order valence-corrected chi connectivity index (χ2v) is 3.62. The van der Waals surface area contributed by atoms with Gasteiger partial charge in [0.1, 0.15) is 18.0 Å². The van der Waals surface area contributed by atoms with Gasteiger partial charge in [0.05, 0.1) is 11.5 Å². The summed E-state index contributed by atoms with van der Waals surface area (Å²) >= 11 is 0. The topological polar surface area (TPSA) is 119 Å². The van der Waals surface area contributed by atoms with Crippen LogP contribution in [0, 0.1) is 15.9 Å². The minimum Gasteiger partial charge on any atom is -0.480 e. The van der Waals surface area contributed by atoms with Crippen molar-refractivity contribution < 1.29 is 28.7 Å². The van der Waals surface area contributed by atoms with Crippen LogP contribution in [0.1, 0.15) is 10.4 Å². The van der Waals surface area contributed by atoms with Crippen LogP contribution in [0.15, 0.2) is 18.2 Å². The van der Waals surface area contributed by atoms with Crippen LogP contribution in [0.5, 0.6) is 0 Å². The Morgan fingerprint density at radius 3 is 2.75 bits per heavy atom. The lowest BCUT2D eigenvalue weighted by molar-refractivity contribution is -0.385. The molecule has 0 atom stereocenters. The zero-order valence-electron chi connectivity index (χ0n) is 10.2. The fourth-order valence-corrected chi connectivity index (χ4v) is 1.34. The number of benzene rings is 1. The van der Waals surface area contributed by atoms with E-state index in [4.69, 9.17) is 5.11 Å². The van der Waals surface area contributed by atoms with E-state index in [9.17, 15) is 24.1 Å². The van der Waals surface area contributed by atoms with Gasteiger partial charge in [0.15, 0.2) is 0 Å². The molecule has 2 N–H and O–H groups in total. The highest BCUT2D eigenvalue weighted by molar-refractivity contribution is 5.98. The summed E-state index contributed by atoms with van der Waals surface area (Å²) < 4.78 is 17.7. The van der Waals surface area contributed by atoms with Gasteiger partial charge in [0.2, 0.25) is 0 Å². The van der Waals surface area contributed by atoms with Gasteiger partial charge in [-0.2, -0.15) is 0 Å². The lowest BCUT2D eigenvalue weighted by Gasteiger charge is -2.06. The molecule has 0 aromatic heterocycles. The first kappa shape index (κ1) is 15.5. The molecule has 108 valence electrons. The second kappa shape index (κ2) is 7.14. The van der Waals surface area contributed by atoms with E-state index in [1.54, 1.807) is 0 Å². The molecule has 0 bridgehead atoms. The molecule has 0 radical (unpaired) electrons. The van der Waals surface area contributed by atoms with E-state index in [-0.39, 0.29) is 13.2 Å². The van der Waals surface area contributed by atoms with Gasteiger partial charge in [-0.15, -0.1) is 0 Å². The molecule has 0 saturated carbocycles. The Labute approximate surface area is 112 Å². The highest BCUT2D eigenvalue weighted by Crippen LogP contribution is 2.19. The number of halogens is 1. The van der Waals surface area contributed by atoms with E-state index in [0.717, 1.165) is 18.2 Å². The van der Waals surface area contributed by atoms with Crippen molar-refractivity contribution in [2.75, 3.05) is 19.8 Å². The Bertz CT molecular complexity index is 534. The Hall–Kier alpha value is -2.55. The fourth-order valence-electron chi connectivity index (χ4n) is 1.34. The normalized spacial score (nSPS) is 10.1. The molecule has 0 aliphatic carbocycles. The van der Waals surface area contributed by atoms with E-state index in [2.05, 4.69) is 10.1 Å². The number of hydrogen-bond donors (Lipinski definition) is 2. The average Bonchev–Trinajstić information content (AvgIpc) is 2.37. The molecule has 8 nitrogen and oxygen atoms in total. The Morgan fingerprint density at radius 2 is 2.15 bits per heavy atom. The van der Waals surface area contributed by atoms with Gasteiger partial charge in [0.25, 0.3) is 11.6 Å². The maximum Gasteiger partial charge on any atom is 0.329 e. The second-order valence-electron chi connectivity index (χ2n) is 3.62. The van der Waals surface area contributed by atoms with Gasteiger partial charge in [-0.3, -0.25) is 14.9 Å². The summed E-state index contributed by atoms with van der Waals surface area (Å²) in [5.41, 5.74) is -0.927. The van der Waals surface area contributed by atoms with Crippen LogP contribution < -0.4 is 5.32 Å². The van der Waals surface area contributed by atoms with Gasteiger partial charge >= 0.3 is 5.97 Å². The third kappa shape index (κ3) is 4.61. The number of carbonyl (C=O) groups excluding carboxylic acids is 1. The molecular formula is C11H11FN2O6. The Kier molecular flexibility index (Phi) is 5.54. The molecule has 0 heterocycles. The van der Waals surface area contributed by atoms with Crippen molar-refractivity contribution >= 4 is 17.6 Å². The lowest BCUT2D eigenvalue weighted by Crippen LogP contribution is -2.28. The number of nitro benzene ring substituents is 1. The molecule has 0 saturated heterocycles. The molecule has 0 unspecified atom stereocenters. The number of carboxylic acids is 1. The Morgan fingerprint density at radius 1 is 1.45 bits per heavy atom. The number of ether oxygens (including phenoxy) is 1. The largest absolute Gasteiger partial charge is 0.480 e. The van der Waals surface area contributed by atoms with Crippen molar-refractivity contribution in [3.05, 3.63) is 39.7 Å². The van der Waals surface area contributed by atoms with Crippen LogP contribution >= 0.6 is 0 Å². The van der Waals surface area contributed by atoms with Gasteiger partial charge in [-0.1, -0.05) is 0 Å². The number of hydrogen-bond acceptors (Lipinski definition) is 5. The first-order valence-corrected chi connectivity index (χ1v) is 5.43. The van der Waals surface area contributed by atoms with Crippen molar-refractivity contribution in [2.45, 2.75) is 0 Å². The number of amides is 1. The number of carbonyl (C=O) groups is 2. The molecular weight excluding hydrogens is 275 g/mol. The monoisotopic (exact) mass is 286 g/mol. The SMILES string of the molecule is O=C(O)COCCNC(=O)c1cc(F)ccc1[N+](=O)[O-]. The summed E-state index contributed by atoms with van der Waals surface area (Å²) in [7, 11) is 0. The van der Waals surface area contributed by atoms with Gasteiger partial charge < -0.3 is 15.2 Å². The summed E-state index contributed by atoms with van der Waals surface area (Å²) in [4.78, 5) is 31.7. The molecule has 0 aliphatic rings. The minimum absolute atomic E-state index is 0.0558. The lowest BCUT2D eigenvalue weighted by atomic mass is 10.1. The van der Waals surface area contributed by atoms with Crippen LogP contribution in [0.3, 0.4) is 0 Å². The fraction of sp³-hybridized carbons (Fsp3) is 0.273. The van der Waals surface area contributed by atoms with Gasteiger partial charge in [0, 0.05) is 12.6 Å². The first-order chi connectivity index (χ1) is 9.41. The van der Waals surface area contributed by atoms with Crippen LogP contribution in [0.4, 0.5) is 10.1 Å². The van der Waals surface area contributed by atoms with Crippen LogP contribution in [-0.4, -0.2) is 41.7 Å². The molecule has 1 aromatic rings. The summed E-state index contributed by atoms with van der Waals surface area (Å²) in [6, 6.07) is 2.53. The van der Waals surface area contributed by atoms with E-state index < -0.39 is 40.5 Å². The summed E-state index contributed by atoms with van der Waals surface area (Å²) in [5, 5.41) is 21.3. The number of nitro groups is 1. The summed E-state index contributed by atoms with van der Waals surface area (Å²) in [6.07, 6.45) is 0. The maximum atomic E-state index is 13.0. The standard InChI is InChI=1S/C11H11FN2O6/c12-7-1-2-9(14(18)19)8(5-7)11(17)13-3-4-20-6-10(15)16/h1-2,5H,3-4,6H2,(H,13,17)(H,15,16). The third-order valence-corrected chi connectivity index (χ3v) is 2.16. The van der Waals surface area contributed by atoms with Crippen LogP contribution in [0.2, 0.25) is 0 Å². The molecule has 9 heteroatoms. The molecule has 0 aliphatic heterocycles. The predicted octanol–water partition coefficient (Wildman–Crippen LogP) is 0.565. The van der Waals surface area contributed by atoms with Crippen molar-refractivity contribution in [3.8, 4) is 0 Å². The summed E-state index contributed by atoms with van der Waals surface area (Å²) in [6.45, 7) is -0.656. The number of aliphatic carboxylic acids is 1. The van der Waals surface area contributed by atoms with Crippen LogP contribution in [0.25, 0.3) is 0 Å². The molecule has 1 amide bonds. The van der Waals surface area contributed by atoms with E-state index in [0.29, 0.717) is 0 Å². The van der Waals surface area contributed by atoms with Crippen LogP contribution in [-0.2, 0) is 9.53 Å². The van der Waals surface area contributed by atoms with E-state index in [1.807, 2.05) is 0 Å². The first-order valence-electron chi connectivity index (χ1n) is 5.43. The molecule has 0 fully saturated rings. The maximum absolute atomic E-state index is 13.0. The van der Waals surface area contributed by atoms with Crippen molar-refractivity contribution in [1.29, 1.82) is 0 Å². The van der Waals surface area contributed by atoms with Crippen molar-refractivity contribution in [3.63, 3.8) is 0 Å². The van der Waals surface area contributed by atoms with Crippen molar-refractivity contribution in [2.24, 2.45) is 0 Å². The van der Waals surface area contributed by atoms with Crippen molar-refractivity contribution in [1.82, 2.24) is 5.32 Å². The third-order valence-electron chi connectivity index (χ3n) is 2.16. The molecule has 0 spiro atoms. The molecule has 20 heavy (non-hydrogen) atoms. The van der Waals surface area contributed by atoms with Gasteiger partial charge in [-0.05, 0) is 12.1 Å². The molecule has 1 aromatic carbocycles. The average molecular weight is 286 g/mol. The number of rotatable bonds is 7. The van der Waals surface area contributed by atoms with E-state index in [1.165, 1.54) is 0 Å². The predicted molar refractivity (Wildman–Crippen MR) is 63.8 cm³/mol. The van der Waals surface area contributed by atoms with Gasteiger partial charge in [-0.25, -0.2) is 9.18 Å². The highest BCUT2D eigenvalue weighted by Gasteiger charge is 2.20.